The third-order valence-corrected chi connectivity index (χ3v) is 3.15. The van der Waals surface area contributed by atoms with E-state index in [1.807, 2.05) is 12.1 Å². The first-order valence-electron chi connectivity index (χ1n) is 6.20. The Morgan fingerprint density at radius 3 is 2.50 bits per heavy atom. The van der Waals surface area contributed by atoms with Crippen molar-refractivity contribution in [2.75, 3.05) is 7.11 Å². The summed E-state index contributed by atoms with van der Waals surface area (Å²) < 4.78 is 4.72. The van der Waals surface area contributed by atoms with Crippen LogP contribution in [0.2, 0.25) is 0 Å². The molecule has 1 aromatic carbocycles. The van der Waals surface area contributed by atoms with Gasteiger partial charge in [0.2, 0.25) is 0 Å². The molecule has 0 fully saturated rings. The van der Waals surface area contributed by atoms with Crippen LogP contribution < -0.4 is 0 Å². The van der Waals surface area contributed by atoms with E-state index in [1.165, 1.54) is 7.11 Å². The SMILES string of the molecule is CCC(C)c1cc(C(=O)OC)ccc1CC(C)=O. The van der Waals surface area contributed by atoms with E-state index in [4.69, 9.17) is 4.74 Å². The minimum Gasteiger partial charge on any atom is -0.465 e. The highest BCUT2D eigenvalue weighted by Crippen LogP contribution is 2.25. The zero-order chi connectivity index (χ0) is 13.7. The first-order valence-corrected chi connectivity index (χ1v) is 6.20. The number of ketones is 1. The van der Waals surface area contributed by atoms with Crippen molar-refractivity contribution >= 4 is 11.8 Å². The Labute approximate surface area is 108 Å². The highest BCUT2D eigenvalue weighted by Gasteiger charge is 2.14. The largest absolute Gasteiger partial charge is 0.465 e. The molecule has 1 atom stereocenters. The van der Waals surface area contributed by atoms with E-state index >= 15 is 0 Å². The van der Waals surface area contributed by atoms with Crippen molar-refractivity contribution in [3.05, 3.63) is 34.9 Å². The number of ether oxygens (including phenoxy) is 1. The molecule has 0 saturated carbocycles. The minimum absolute atomic E-state index is 0.130. The van der Waals surface area contributed by atoms with Gasteiger partial charge >= 0.3 is 5.97 Å². The van der Waals surface area contributed by atoms with Gasteiger partial charge in [0, 0.05) is 6.42 Å². The molecular formula is C15H20O3. The molecule has 3 nitrogen and oxygen atoms in total. The predicted molar refractivity (Wildman–Crippen MR) is 70.9 cm³/mol. The number of methoxy groups -OCH3 is 1. The summed E-state index contributed by atoms with van der Waals surface area (Å²) in [7, 11) is 1.37. The van der Waals surface area contributed by atoms with E-state index in [1.54, 1.807) is 13.0 Å². The Hall–Kier alpha value is -1.64. The average molecular weight is 248 g/mol. The molecule has 0 aliphatic carbocycles. The zero-order valence-corrected chi connectivity index (χ0v) is 11.4. The number of esters is 1. The second-order valence-electron chi connectivity index (χ2n) is 4.59. The van der Waals surface area contributed by atoms with Crippen molar-refractivity contribution in [1.29, 1.82) is 0 Å². The van der Waals surface area contributed by atoms with Gasteiger partial charge in [-0.05, 0) is 42.5 Å². The van der Waals surface area contributed by atoms with Gasteiger partial charge in [0.25, 0.3) is 0 Å². The molecule has 0 bridgehead atoms. The maximum absolute atomic E-state index is 11.5. The zero-order valence-electron chi connectivity index (χ0n) is 11.4. The van der Waals surface area contributed by atoms with Gasteiger partial charge in [-0.2, -0.15) is 0 Å². The lowest BCUT2D eigenvalue weighted by atomic mass is 9.90. The summed E-state index contributed by atoms with van der Waals surface area (Å²) in [5.74, 6) is 0.114. The predicted octanol–water partition coefficient (Wildman–Crippen LogP) is 3.12. The van der Waals surface area contributed by atoms with Crippen molar-refractivity contribution in [3.63, 3.8) is 0 Å². The number of hydrogen-bond acceptors (Lipinski definition) is 3. The smallest absolute Gasteiger partial charge is 0.337 e. The molecule has 3 heteroatoms. The van der Waals surface area contributed by atoms with E-state index in [0.717, 1.165) is 17.5 Å². The molecule has 0 aliphatic rings. The van der Waals surface area contributed by atoms with Crippen LogP contribution in [0, 0.1) is 0 Å². The van der Waals surface area contributed by atoms with Crippen LogP contribution in [0.15, 0.2) is 18.2 Å². The van der Waals surface area contributed by atoms with Crippen LogP contribution in [0.5, 0.6) is 0 Å². The lowest BCUT2D eigenvalue weighted by molar-refractivity contribution is -0.116. The Balaban J connectivity index is 3.19. The molecule has 0 radical (unpaired) electrons. The van der Waals surface area contributed by atoms with E-state index in [2.05, 4.69) is 13.8 Å². The summed E-state index contributed by atoms with van der Waals surface area (Å²) in [5, 5.41) is 0. The van der Waals surface area contributed by atoms with Gasteiger partial charge in [0.05, 0.1) is 12.7 Å². The highest BCUT2D eigenvalue weighted by atomic mass is 16.5. The maximum Gasteiger partial charge on any atom is 0.337 e. The van der Waals surface area contributed by atoms with Crippen molar-refractivity contribution in [1.82, 2.24) is 0 Å². The van der Waals surface area contributed by atoms with Gasteiger partial charge in [-0.3, -0.25) is 4.79 Å². The fraction of sp³-hybridized carbons (Fsp3) is 0.467. The lowest BCUT2D eigenvalue weighted by Gasteiger charge is -2.15. The number of carbonyl (C=O) groups is 2. The maximum atomic E-state index is 11.5. The van der Waals surface area contributed by atoms with Gasteiger partial charge < -0.3 is 4.74 Å². The van der Waals surface area contributed by atoms with Crippen LogP contribution in [-0.4, -0.2) is 18.9 Å². The summed E-state index contributed by atoms with van der Waals surface area (Å²) >= 11 is 0. The van der Waals surface area contributed by atoms with E-state index in [0.29, 0.717) is 17.9 Å². The molecule has 0 N–H and O–H groups in total. The summed E-state index contributed by atoms with van der Waals surface area (Å²) in [6.45, 7) is 5.77. The first-order chi connectivity index (χ1) is 8.49. The van der Waals surface area contributed by atoms with Crippen molar-refractivity contribution in [3.8, 4) is 0 Å². The standard InChI is InChI=1S/C15H20O3/c1-5-10(2)14-9-13(15(17)18-4)7-6-12(14)8-11(3)16/h6-7,9-10H,5,8H2,1-4H3. The average Bonchev–Trinajstić information content (AvgIpc) is 2.36. The molecule has 98 valence electrons. The number of hydrogen-bond donors (Lipinski definition) is 0. The third-order valence-electron chi connectivity index (χ3n) is 3.15. The number of Topliss-reactive ketones (excluding diaryl/α,β-unsaturated/α-hetero) is 1. The van der Waals surface area contributed by atoms with Crippen LogP contribution in [0.1, 0.15) is 54.6 Å². The molecule has 18 heavy (non-hydrogen) atoms. The van der Waals surface area contributed by atoms with Gasteiger partial charge in [0.1, 0.15) is 5.78 Å². The molecular weight excluding hydrogens is 228 g/mol. The van der Waals surface area contributed by atoms with Gasteiger partial charge in [-0.25, -0.2) is 4.79 Å². The van der Waals surface area contributed by atoms with Crippen LogP contribution in [0.3, 0.4) is 0 Å². The normalized spacial score (nSPS) is 12.0. The minimum atomic E-state index is -0.339. The molecule has 0 heterocycles. The molecule has 0 aliphatic heterocycles. The molecule has 1 rings (SSSR count). The van der Waals surface area contributed by atoms with E-state index in [9.17, 15) is 9.59 Å². The quantitative estimate of drug-likeness (QED) is 0.752. The number of rotatable bonds is 5. The van der Waals surface area contributed by atoms with Crippen LogP contribution >= 0.6 is 0 Å². The lowest BCUT2D eigenvalue weighted by Crippen LogP contribution is -2.08. The van der Waals surface area contributed by atoms with Crippen LogP contribution in [-0.2, 0) is 16.0 Å². The number of benzene rings is 1. The van der Waals surface area contributed by atoms with Crippen molar-refractivity contribution in [2.24, 2.45) is 0 Å². The van der Waals surface area contributed by atoms with Gasteiger partial charge in [-0.15, -0.1) is 0 Å². The summed E-state index contributed by atoms with van der Waals surface area (Å²) in [6.07, 6.45) is 1.39. The van der Waals surface area contributed by atoms with E-state index in [-0.39, 0.29) is 11.8 Å². The molecule has 1 aromatic rings. The molecule has 1 unspecified atom stereocenters. The van der Waals surface area contributed by atoms with Crippen molar-refractivity contribution in [2.45, 2.75) is 39.5 Å². The van der Waals surface area contributed by atoms with Gasteiger partial charge in [0.15, 0.2) is 0 Å². The fourth-order valence-electron chi connectivity index (χ4n) is 1.95. The second-order valence-corrected chi connectivity index (χ2v) is 4.59. The second kappa shape index (κ2) is 6.34. The molecule has 0 spiro atoms. The summed E-state index contributed by atoms with van der Waals surface area (Å²) in [6, 6.07) is 5.42. The summed E-state index contributed by atoms with van der Waals surface area (Å²) in [4.78, 5) is 22.8. The Morgan fingerprint density at radius 1 is 1.33 bits per heavy atom. The van der Waals surface area contributed by atoms with Crippen molar-refractivity contribution < 1.29 is 14.3 Å². The van der Waals surface area contributed by atoms with Gasteiger partial charge in [-0.1, -0.05) is 19.9 Å². The third kappa shape index (κ3) is 3.42. The van der Waals surface area contributed by atoms with Crippen LogP contribution in [0.4, 0.5) is 0 Å². The number of carbonyl (C=O) groups excluding carboxylic acids is 2. The topological polar surface area (TPSA) is 43.4 Å². The first kappa shape index (κ1) is 14.4. The Kier molecular flexibility index (Phi) is 5.08. The molecule has 0 amide bonds. The molecule has 0 aromatic heterocycles. The van der Waals surface area contributed by atoms with Crippen LogP contribution in [0.25, 0.3) is 0 Å². The summed E-state index contributed by atoms with van der Waals surface area (Å²) in [5.41, 5.74) is 2.61. The monoisotopic (exact) mass is 248 g/mol. The Morgan fingerprint density at radius 2 is 2.00 bits per heavy atom. The molecule has 0 saturated heterocycles. The van der Waals surface area contributed by atoms with E-state index < -0.39 is 0 Å². The Bertz CT molecular complexity index is 449. The fourth-order valence-corrected chi connectivity index (χ4v) is 1.95. The highest BCUT2D eigenvalue weighted by molar-refractivity contribution is 5.90.